The summed E-state index contributed by atoms with van der Waals surface area (Å²) in [5.41, 5.74) is 1.14. The smallest absolute Gasteiger partial charge is 0.129 e. The predicted octanol–water partition coefficient (Wildman–Crippen LogP) is 3.07. The molecule has 0 aliphatic carbocycles. The van der Waals surface area contributed by atoms with E-state index < -0.39 is 0 Å². The van der Waals surface area contributed by atoms with E-state index in [-0.39, 0.29) is 0 Å². The van der Waals surface area contributed by atoms with Crippen LogP contribution >= 0.6 is 15.9 Å². The molecule has 2 aromatic rings. The van der Waals surface area contributed by atoms with E-state index in [1.807, 2.05) is 31.3 Å². The summed E-state index contributed by atoms with van der Waals surface area (Å²) in [7, 11) is 2.00. The maximum absolute atomic E-state index is 5.02. The Morgan fingerprint density at radius 2 is 2.27 bits per heavy atom. The maximum atomic E-state index is 5.02. The second kappa shape index (κ2) is 4.49. The zero-order valence-corrected chi connectivity index (χ0v) is 9.94. The predicted molar refractivity (Wildman–Crippen MR) is 62.8 cm³/mol. The average Bonchev–Trinajstić information content (AvgIpc) is 2.70. The molecule has 0 aliphatic rings. The van der Waals surface area contributed by atoms with Gasteiger partial charge in [-0.05, 0) is 34.1 Å². The second-order valence-electron chi connectivity index (χ2n) is 3.31. The lowest BCUT2D eigenvalue weighted by molar-refractivity contribution is 0.563. The van der Waals surface area contributed by atoms with E-state index >= 15 is 0 Å². The molecule has 0 saturated carbocycles. The monoisotopic (exact) mass is 266 g/mol. The molecule has 0 N–H and O–H groups in total. The molecule has 0 unspecified atom stereocenters. The van der Waals surface area contributed by atoms with Crippen LogP contribution in [0.2, 0.25) is 0 Å². The summed E-state index contributed by atoms with van der Waals surface area (Å²) >= 11 is 3.35. The molecule has 2 aromatic heterocycles. The normalized spacial score (nSPS) is 10.3. The summed E-state index contributed by atoms with van der Waals surface area (Å²) in [6, 6.07) is 7.81. The van der Waals surface area contributed by atoms with E-state index in [1.165, 1.54) is 0 Å². The summed E-state index contributed by atoms with van der Waals surface area (Å²) in [5, 5.41) is 0. The lowest BCUT2D eigenvalue weighted by atomic mass is 10.3. The Bertz CT molecular complexity index is 428. The van der Waals surface area contributed by atoms with Crippen LogP contribution in [-0.4, -0.2) is 12.0 Å². The molecule has 2 heterocycles. The molecule has 2 rings (SSSR count). The van der Waals surface area contributed by atoms with Gasteiger partial charge in [-0.3, -0.25) is 0 Å². The number of anilines is 1. The molecule has 0 amide bonds. The SMILES string of the molecule is CN(Cc1ccoc1)c1cccc(Br)n1. The van der Waals surface area contributed by atoms with Crippen molar-refractivity contribution in [1.82, 2.24) is 4.98 Å². The Kier molecular flexibility index (Phi) is 3.06. The fraction of sp³-hybridized carbons (Fsp3) is 0.182. The molecular formula is C11H11BrN2O. The van der Waals surface area contributed by atoms with E-state index in [0.29, 0.717) is 0 Å². The van der Waals surface area contributed by atoms with Gasteiger partial charge in [0.15, 0.2) is 0 Å². The molecule has 3 nitrogen and oxygen atoms in total. The first kappa shape index (κ1) is 10.2. The molecule has 15 heavy (non-hydrogen) atoms. The van der Waals surface area contributed by atoms with Crippen LogP contribution in [-0.2, 0) is 6.54 Å². The third-order valence-corrected chi connectivity index (χ3v) is 2.53. The van der Waals surface area contributed by atoms with Crippen molar-refractivity contribution in [2.45, 2.75) is 6.54 Å². The van der Waals surface area contributed by atoms with Crippen LogP contribution in [0.3, 0.4) is 0 Å². The van der Waals surface area contributed by atoms with E-state index in [9.17, 15) is 0 Å². The molecule has 0 spiro atoms. The first-order chi connectivity index (χ1) is 7.25. The van der Waals surface area contributed by atoms with Gasteiger partial charge >= 0.3 is 0 Å². The average molecular weight is 267 g/mol. The lowest BCUT2D eigenvalue weighted by Crippen LogP contribution is -2.17. The van der Waals surface area contributed by atoms with Crippen molar-refractivity contribution in [2.75, 3.05) is 11.9 Å². The molecule has 78 valence electrons. The van der Waals surface area contributed by atoms with E-state index in [1.54, 1.807) is 12.5 Å². The van der Waals surface area contributed by atoms with E-state index in [2.05, 4.69) is 25.8 Å². The summed E-state index contributed by atoms with van der Waals surface area (Å²) in [6.45, 7) is 0.792. The molecular weight excluding hydrogens is 256 g/mol. The van der Waals surface area contributed by atoms with Crippen LogP contribution in [0.15, 0.2) is 45.8 Å². The van der Waals surface area contributed by atoms with Crippen LogP contribution in [0.25, 0.3) is 0 Å². The minimum absolute atomic E-state index is 0.792. The molecule has 0 fully saturated rings. The fourth-order valence-electron chi connectivity index (χ4n) is 1.35. The highest BCUT2D eigenvalue weighted by Crippen LogP contribution is 2.15. The van der Waals surface area contributed by atoms with Gasteiger partial charge in [-0.2, -0.15) is 0 Å². The Hall–Kier alpha value is -1.29. The number of aromatic nitrogens is 1. The third-order valence-electron chi connectivity index (χ3n) is 2.09. The number of hydrogen-bond acceptors (Lipinski definition) is 3. The van der Waals surface area contributed by atoms with Crippen LogP contribution in [0.4, 0.5) is 5.82 Å². The number of nitrogens with zero attached hydrogens (tertiary/aromatic N) is 2. The van der Waals surface area contributed by atoms with Gasteiger partial charge in [0.25, 0.3) is 0 Å². The van der Waals surface area contributed by atoms with Crippen LogP contribution in [0, 0.1) is 0 Å². The lowest BCUT2D eigenvalue weighted by Gasteiger charge is -2.16. The highest BCUT2D eigenvalue weighted by molar-refractivity contribution is 9.10. The number of hydrogen-bond donors (Lipinski definition) is 0. The van der Waals surface area contributed by atoms with Gasteiger partial charge in [0, 0.05) is 19.2 Å². The maximum Gasteiger partial charge on any atom is 0.129 e. The topological polar surface area (TPSA) is 29.3 Å². The van der Waals surface area contributed by atoms with Crippen molar-refractivity contribution in [3.63, 3.8) is 0 Å². The number of rotatable bonds is 3. The number of halogens is 1. The highest BCUT2D eigenvalue weighted by Gasteiger charge is 2.04. The Labute approximate surface area is 96.9 Å². The van der Waals surface area contributed by atoms with E-state index in [4.69, 9.17) is 4.42 Å². The largest absolute Gasteiger partial charge is 0.472 e. The molecule has 0 aromatic carbocycles. The van der Waals surface area contributed by atoms with Crippen molar-refractivity contribution in [1.29, 1.82) is 0 Å². The first-order valence-corrected chi connectivity index (χ1v) is 5.40. The van der Waals surface area contributed by atoms with Crippen molar-refractivity contribution in [3.8, 4) is 0 Å². The molecule has 0 saturated heterocycles. The molecule has 0 bridgehead atoms. The molecule has 0 radical (unpaired) electrons. The van der Waals surface area contributed by atoms with Crippen molar-refractivity contribution in [2.24, 2.45) is 0 Å². The van der Waals surface area contributed by atoms with Crippen molar-refractivity contribution in [3.05, 3.63) is 47.0 Å². The van der Waals surface area contributed by atoms with Gasteiger partial charge in [-0.25, -0.2) is 4.98 Å². The first-order valence-electron chi connectivity index (χ1n) is 4.60. The minimum atomic E-state index is 0.792. The van der Waals surface area contributed by atoms with Crippen LogP contribution < -0.4 is 4.90 Å². The Morgan fingerprint density at radius 1 is 1.40 bits per heavy atom. The van der Waals surface area contributed by atoms with Crippen LogP contribution in [0.5, 0.6) is 0 Å². The Balaban J connectivity index is 2.11. The Morgan fingerprint density at radius 3 is 2.93 bits per heavy atom. The highest BCUT2D eigenvalue weighted by atomic mass is 79.9. The summed E-state index contributed by atoms with van der Waals surface area (Å²) in [5.74, 6) is 0.936. The zero-order chi connectivity index (χ0) is 10.7. The third kappa shape index (κ3) is 2.59. The molecule has 4 heteroatoms. The van der Waals surface area contributed by atoms with Gasteiger partial charge in [0.1, 0.15) is 10.4 Å². The molecule has 0 atom stereocenters. The zero-order valence-electron chi connectivity index (χ0n) is 8.35. The van der Waals surface area contributed by atoms with E-state index in [0.717, 1.165) is 22.5 Å². The summed E-state index contributed by atoms with van der Waals surface area (Å²) in [4.78, 5) is 6.43. The van der Waals surface area contributed by atoms with Gasteiger partial charge in [0.2, 0.25) is 0 Å². The van der Waals surface area contributed by atoms with Gasteiger partial charge < -0.3 is 9.32 Å². The quantitative estimate of drug-likeness (QED) is 0.800. The van der Waals surface area contributed by atoms with Crippen LogP contribution in [0.1, 0.15) is 5.56 Å². The van der Waals surface area contributed by atoms with Gasteiger partial charge in [0.05, 0.1) is 12.5 Å². The van der Waals surface area contributed by atoms with Gasteiger partial charge in [-0.1, -0.05) is 6.07 Å². The second-order valence-corrected chi connectivity index (χ2v) is 4.12. The summed E-state index contributed by atoms with van der Waals surface area (Å²) < 4.78 is 5.86. The number of furan rings is 1. The van der Waals surface area contributed by atoms with Gasteiger partial charge in [-0.15, -0.1) is 0 Å². The number of pyridine rings is 1. The standard InChI is InChI=1S/C11H11BrN2O/c1-14(7-9-5-6-15-8-9)11-4-2-3-10(12)13-11/h2-6,8H,7H2,1H3. The fourth-order valence-corrected chi connectivity index (χ4v) is 1.68. The van der Waals surface area contributed by atoms with Crippen molar-refractivity contribution >= 4 is 21.7 Å². The minimum Gasteiger partial charge on any atom is -0.472 e. The molecule has 0 aliphatic heterocycles. The van der Waals surface area contributed by atoms with Crippen molar-refractivity contribution < 1.29 is 4.42 Å². The summed E-state index contributed by atoms with van der Waals surface area (Å²) in [6.07, 6.45) is 3.42.